The fraction of sp³-hybridized carbons (Fsp3) is 0.231. The van der Waals surface area contributed by atoms with Gasteiger partial charge in [-0.05, 0) is 18.2 Å². The number of fused-ring (bicyclic) bond motifs is 1. The molecule has 0 amide bonds. The van der Waals surface area contributed by atoms with Gasteiger partial charge in [0, 0.05) is 12.0 Å². The molecular formula is C13H11NO5. The summed E-state index contributed by atoms with van der Waals surface area (Å²) in [5.41, 5.74) is 0.619. The summed E-state index contributed by atoms with van der Waals surface area (Å²) in [4.78, 5) is 11.0. The normalized spacial score (nSPS) is 13.9. The quantitative estimate of drug-likeness (QED) is 0.892. The van der Waals surface area contributed by atoms with Crippen LogP contribution in [0.25, 0.3) is 11.3 Å². The zero-order valence-electron chi connectivity index (χ0n) is 9.96. The van der Waals surface area contributed by atoms with Gasteiger partial charge in [0.15, 0.2) is 17.3 Å². The average molecular weight is 261 g/mol. The highest BCUT2D eigenvalue weighted by Gasteiger charge is 2.19. The molecule has 1 aliphatic rings. The van der Waals surface area contributed by atoms with Crippen LogP contribution in [-0.4, -0.2) is 29.4 Å². The second kappa shape index (κ2) is 4.64. The smallest absolute Gasteiger partial charge is 0.341 e. The van der Waals surface area contributed by atoms with Crippen LogP contribution in [0.2, 0.25) is 0 Å². The molecule has 98 valence electrons. The summed E-state index contributed by atoms with van der Waals surface area (Å²) < 4.78 is 16.1. The van der Waals surface area contributed by atoms with Crippen LogP contribution in [0.4, 0.5) is 0 Å². The molecule has 1 aliphatic heterocycles. The highest BCUT2D eigenvalue weighted by molar-refractivity contribution is 5.94. The van der Waals surface area contributed by atoms with Crippen molar-refractivity contribution in [1.82, 2.24) is 5.16 Å². The molecule has 0 saturated carbocycles. The van der Waals surface area contributed by atoms with Crippen LogP contribution in [0.15, 0.2) is 28.9 Å². The molecule has 2 heterocycles. The lowest BCUT2D eigenvalue weighted by atomic mass is 10.1. The van der Waals surface area contributed by atoms with E-state index in [-0.39, 0.29) is 11.3 Å². The lowest BCUT2D eigenvalue weighted by Gasteiger charge is -2.08. The van der Waals surface area contributed by atoms with Crippen LogP contribution < -0.4 is 9.47 Å². The second-order valence-corrected chi connectivity index (χ2v) is 4.09. The minimum absolute atomic E-state index is 0.0227. The molecule has 6 heteroatoms. The van der Waals surface area contributed by atoms with E-state index in [1.807, 2.05) is 0 Å². The van der Waals surface area contributed by atoms with Crippen molar-refractivity contribution in [3.63, 3.8) is 0 Å². The van der Waals surface area contributed by atoms with Crippen molar-refractivity contribution in [2.45, 2.75) is 6.42 Å². The van der Waals surface area contributed by atoms with Gasteiger partial charge in [-0.2, -0.15) is 0 Å². The van der Waals surface area contributed by atoms with Crippen LogP contribution in [0.3, 0.4) is 0 Å². The highest BCUT2D eigenvalue weighted by atomic mass is 16.5. The van der Waals surface area contributed by atoms with E-state index >= 15 is 0 Å². The fourth-order valence-corrected chi connectivity index (χ4v) is 1.90. The number of carboxylic acids is 1. The summed E-state index contributed by atoms with van der Waals surface area (Å²) in [6.07, 6.45) is 1.99. The Morgan fingerprint density at radius 3 is 2.79 bits per heavy atom. The van der Waals surface area contributed by atoms with Gasteiger partial charge < -0.3 is 19.1 Å². The van der Waals surface area contributed by atoms with E-state index in [9.17, 15) is 4.79 Å². The molecule has 1 aromatic carbocycles. The minimum atomic E-state index is -1.08. The third kappa shape index (κ3) is 2.12. The average Bonchev–Trinajstić information content (AvgIpc) is 2.78. The second-order valence-electron chi connectivity index (χ2n) is 4.09. The zero-order valence-corrected chi connectivity index (χ0v) is 9.96. The molecule has 19 heavy (non-hydrogen) atoms. The van der Waals surface area contributed by atoms with E-state index in [1.54, 1.807) is 18.2 Å². The summed E-state index contributed by atoms with van der Waals surface area (Å²) in [6, 6.07) is 5.16. The van der Waals surface area contributed by atoms with Gasteiger partial charge in [0.1, 0.15) is 5.56 Å². The Morgan fingerprint density at radius 1 is 1.21 bits per heavy atom. The molecule has 2 aromatic rings. The fourth-order valence-electron chi connectivity index (χ4n) is 1.90. The number of carbonyl (C=O) groups is 1. The summed E-state index contributed by atoms with van der Waals surface area (Å²) in [6.45, 7) is 1.17. The van der Waals surface area contributed by atoms with Crippen molar-refractivity contribution in [2.24, 2.45) is 0 Å². The predicted octanol–water partition coefficient (Wildman–Crippen LogP) is 2.20. The van der Waals surface area contributed by atoms with Crippen molar-refractivity contribution < 1.29 is 23.9 Å². The van der Waals surface area contributed by atoms with E-state index in [1.165, 1.54) is 6.20 Å². The van der Waals surface area contributed by atoms with Gasteiger partial charge >= 0.3 is 5.97 Å². The summed E-state index contributed by atoms with van der Waals surface area (Å²) in [5, 5.41) is 12.6. The molecule has 0 unspecified atom stereocenters. The number of aromatic nitrogens is 1. The number of rotatable bonds is 2. The maximum absolute atomic E-state index is 11.0. The first kappa shape index (κ1) is 11.6. The van der Waals surface area contributed by atoms with Gasteiger partial charge in [-0.3, -0.25) is 0 Å². The highest BCUT2D eigenvalue weighted by Crippen LogP contribution is 2.35. The molecule has 1 aromatic heterocycles. The molecule has 3 rings (SSSR count). The predicted molar refractivity (Wildman–Crippen MR) is 64.5 cm³/mol. The molecule has 0 fully saturated rings. The van der Waals surface area contributed by atoms with Crippen LogP contribution in [-0.2, 0) is 0 Å². The Kier molecular flexibility index (Phi) is 2.83. The molecule has 0 atom stereocenters. The van der Waals surface area contributed by atoms with E-state index in [0.717, 1.165) is 6.42 Å². The number of carboxylic acid groups (broad SMARTS) is 1. The Bertz CT molecular complexity index is 619. The largest absolute Gasteiger partial charge is 0.490 e. The third-order valence-electron chi connectivity index (χ3n) is 2.81. The summed E-state index contributed by atoms with van der Waals surface area (Å²) in [7, 11) is 0. The molecule has 6 nitrogen and oxygen atoms in total. The molecule has 0 radical (unpaired) electrons. The molecule has 0 saturated heterocycles. The minimum Gasteiger partial charge on any atom is -0.490 e. The van der Waals surface area contributed by atoms with Crippen molar-refractivity contribution in [3.05, 3.63) is 30.0 Å². The van der Waals surface area contributed by atoms with Gasteiger partial charge in [0.05, 0.1) is 19.4 Å². The van der Waals surface area contributed by atoms with Crippen molar-refractivity contribution in [1.29, 1.82) is 0 Å². The molecule has 0 bridgehead atoms. The maximum Gasteiger partial charge on any atom is 0.341 e. The van der Waals surface area contributed by atoms with Gasteiger partial charge in [-0.25, -0.2) is 4.79 Å². The Morgan fingerprint density at radius 2 is 2.00 bits per heavy atom. The SMILES string of the molecule is O=C(O)c1cnoc1-c1ccc2c(c1)OCCCO2. The topological polar surface area (TPSA) is 81.8 Å². The molecule has 1 N–H and O–H groups in total. The number of aromatic carboxylic acids is 1. The van der Waals surface area contributed by atoms with Crippen LogP contribution in [0.1, 0.15) is 16.8 Å². The number of ether oxygens (including phenoxy) is 2. The van der Waals surface area contributed by atoms with E-state index in [2.05, 4.69) is 5.16 Å². The summed E-state index contributed by atoms with van der Waals surface area (Å²) >= 11 is 0. The number of hydrogen-bond donors (Lipinski definition) is 1. The van der Waals surface area contributed by atoms with Gasteiger partial charge in [-0.15, -0.1) is 0 Å². The van der Waals surface area contributed by atoms with E-state index < -0.39 is 5.97 Å². The van der Waals surface area contributed by atoms with Gasteiger partial charge in [-0.1, -0.05) is 5.16 Å². The summed E-state index contributed by atoms with van der Waals surface area (Å²) in [5.74, 6) is 0.367. The van der Waals surface area contributed by atoms with Crippen LogP contribution in [0, 0.1) is 0 Å². The van der Waals surface area contributed by atoms with Gasteiger partial charge in [0.25, 0.3) is 0 Å². The number of nitrogens with zero attached hydrogens (tertiary/aromatic N) is 1. The van der Waals surface area contributed by atoms with E-state index in [0.29, 0.717) is 30.3 Å². The third-order valence-corrected chi connectivity index (χ3v) is 2.81. The molecular weight excluding hydrogens is 250 g/mol. The Balaban J connectivity index is 2.04. The monoisotopic (exact) mass is 261 g/mol. The van der Waals surface area contributed by atoms with Crippen molar-refractivity contribution in [2.75, 3.05) is 13.2 Å². The molecule has 0 spiro atoms. The lowest BCUT2D eigenvalue weighted by molar-refractivity contribution is 0.0697. The first-order valence-electron chi connectivity index (χ1n) is 5.83. The Hall–Kier alpha value is -2.50. The molecule has 0 aliphatic carbocycles. The maximum atomic E-state index is 11.0. The first-order valence-corrected chi connectivity index (χ1v) is 5.83. The van der Waals surface area contributed by atoms with Crippen LogP contribution >= 0.6 is 0 Å². The number of benzene rings is 1. The van der Waals surface area contributed by atoms with Crippen LogP contribution in [0.5, 0.6) is 11.5 Å². The lowest BCUT2D eigenvalue weighted by Crippen LogP contribution is -1.97. The van der Waals surface area contributed by atoms with Crippen molar-refractivity contribution in [3.8, 4) is 22.8 Å². The van der Waals surface area contributed by atoms with E-state index in [4.69, 9.17) is 19.1 Å². The van der Waals surface area contributed by atoms with Gasteiger partial charge in [0.2, 0.25) is 0 Å². The standard InChI is InChI=1S/C13H11NO5/c15-13(16)9-7-14-19-12(9)8-2-3-10-11(6-8)18-5-1-4-17-10/h2-3,6-7H,1,4-5H2,(H,15,16). The van der Waals surface area contributed by atoms with Crippen molar-refractivity contribution >= 4 is 5.97 Å². The Labute approximate surface area is 108 Å². The zero-order chi connectivity index (χ0) is 13.2. The first-order chi connectivity index (χ1) is 9.25. The number of hydrogen-bond acceptors (Lipinski definition) is 5.